The van der Waals surface area contributed by atoms with Gasteiger partial charge in [0.25, 0.3) is 5.91 Å². The molecule has 1 saturated heterocycles. The van der Waals surface area contributed by atoms with E-state index in [2.05, 4.69) is 4.98 Å². The Labute approximate surface area is 126 Å². The topological polar surface area (TPSA) is 70.5 Å². The monoisotopic (exact) mass is 316 g/mol. The maximum absolute atomic E-state index is 12.4. The van der Waals surface area contributed by atoms with Gasteiger partial charge in [-0.1, -0.05) is 23.2 Å². The van der Waals surface area contributed by atoms with Crippen molar-refractivity contribution < 1.29 is 14.7 Å². The molecule has 20 heavy (non-hydrogen) atoms. The summed E-state index contributed by atoms with van der Waals surface area (Å²) >= 11 is 11.6. The first-order valence-corrected chi connectivity index (χ1v) is 6.94. The van der Waals surface area contributed by atoms with Crippen LogP contribution in [0, 0.1) is 5.41 Å². The molecule has 1 aromatic rings. The zero-order chi connectivity index (χ0) is 14.9. The molecular formula is C13H14Cl2N2O3. The number of aromatic nitrogens is 1. The molecule has 1 aromatic heterocycles. The number of piperidine rings is 1. The molecule has 0 bridgehead atoms. The minimum Gasteiger partial charge on any atom is -0.481 e. The minimum atomic E-state index is -0.916. The van der Waals surface area contributed by atoms with Crippen molar-refractivity contribution in [1.29, 1.82) is 0 Å². The number of carboxylic acid groups (broad SMARTS) is 1. The van der Waals surface area contributed by atoms with E-state index in [9.17, 15) is 14.7 Å². The van der Waals surface area contributed by atoms with Crippen molar-refractivity contribution in [3.05, 3.63) is 28.0 Å². The Kier molecular flexibility index (Phi) is 4.20. The molecular weight excluding hydrogens is 303 g/mol. The van der Waals surface area contributed by atoms with Gasteiger partial charge in [-0.2, -0.15) is 0 Å². The van der Waals surface area contributed by atoms with Crippen LogP contribution in [0.1, 0.15) is 30.1 Å². The minimum absolute atomic E-state index is 0.0325. The Hall–Kier alpha value is -1.33. The molecule has 1 aliphatic heterocycles. The molecule has 0 radical (unpaired) electrons. The van der Waals surface area contributed by atoms with Crippen molar-refractivity contribution in [3.8, 4) is 0 Å². The van der Waals surface area contributed by atoms with Crippen molar-refractivity contribution in [3.63, 3.8) is 0 Å². The number of aliphatic carboxylic acids is 1. The van der Waals surface area contributed by atoms with Crippen molar-refractivity contribution in [2.75, 3.05) is 13.1 Å². The molecule has 2 rings (SSSR count). The van der Waals surface area contributed by atoms with Crippen LogP contribution in [0.2, 0.25) is 10.3 Å². The van der Waals surface area contributed by atoms with E-state index in [0.717, 1.165) is 0 Å². The maximum Gasteiger partial charge on any atom is 0.311 e. The number of rotatable bonds is 2. The van der Waals surface area contributed by atoms with Crippen LogP contribution in [0.5, 0.6) is 0 Å². The zero-order valence-electron chi connectivity index (χ0n) is 10.9. The van der Waals surface area contributed by atoms with E-state index in [1.165, 1.54) is 17.0 Å². The SMILES string of the molecule is CC1(C(=O)O)CCCN(C(=O)c2ccc(Cl)nc2Cl)C1. The fourth-order valence-corrected chi connectivity index (χ4v) is 2.76. The summed E-state index contributed by atoms with van der Waals surface area (Å²) in [5.74, 6) is -1.21. The lowest BCUT2D eigenvalue weighted by Crippen LogP contribution is -2.48. The van der Waals surface area contributed by atoms with Gasteiger partial charge in [-0.3, -0.25) is 9.59 Å². The maximum atomic E-state index is 12.4. The van der Waals surface area contributed by atoms with E-state index in [1.807, 2.05) is 0 Å². The first kappa shape index (κ1) is 15.1. The molecule has 5 nitrogen and oxygen atoms in total. The first-order valence-electron chi connectivity index (χ1n) is 6.18. The van der Waals surface area contributed by atoms with Gasteiger partial charge in [0.05, 0.1) is 11.0 Å². The fraction of sp³-hybridized carbons (Fsp3) is 0.462. The van der Waals surface area contributed by atoms with E-state index in [4.69, 9.17) is 23.2 Å². The summed E-state index contributed by atoms with van der Waals surface area (Å²) < 4.78 is 0. The molecule has 1 unspecified atom stereocenters. The zero-order valence-corrected chi connectivity index (χ0v) is 12.4. The highest BCUT2D eigenvalue weighted by Gasteiger charge is 2.39. The van der Waals surface area contributed by atoms with Crippen molar-refractivity contribution in [2.24, 2.45) is 5.41 Å². The standard InChI is InChI=1S/C13H14Cl2N2O3/c1-13(12(19)20)5-2-6-17(7-13)11(18)8-3-4-9(14)16-10(8)15/h3-4H,2,5-7H2,1H3,(H,19,20). The Morgan fingerprint density at radius 3 is 2.70 bits per heavy atom. The van der Waals surface area contributed by atoms with Crippen molar-refractivity contribution in [1.82, 2.24) is 9.88 Å². The summed E-state index contributed by atoms with van der Waals surface area (Å²) in [7, 11) is 0. The number of hydrogen-bond donors (Lipinski definition) is 1. The van der Waals surface area contributed by atoms with Gasteiger partial charge in [0.2, 0.25) is 0 Å². The Morgan fingerprint density at radius 1 is 1.40 bits per heavy atom. The number of carbonyl (C=O) groups excluding carboxylic acids is 1. The molecule has 0 aliphatic carbocycles. The summed E-state index contributed by atoms with van der Waals surface area (Å²) in [6.45, 7) is 2.33. The van der Waals surface area contributed by atoms with Gasteiger partial charge in [0.1, 0.15) is 10.3 Å². The molecule has 0 saturated carbocycles. The molecule has 2 heterocycles. The van der Waals surface area contributed by atoms with Crippen LogP contribution in [0.3, 0.4) is 0 Å². The second kappa shape index (κ2) is 5.58. The number of halogens is 2. The summed E-state index contributed by atoms with van der Waals surface area (Å²) in [5.41, 5.74) is -0.675. The van der Waals surface area contributed by atoms with E-state index in [-0.39, 0.29) is 28.3 Å². The smallest absolute Gasteiger partial charge is 0.311 e. The summed E-state index contributed by atoms with van der Waals surface area (Å²) in [5, 5.41) is 9.51. The van der Waals surface area contributed by atoms with Gasteiger partial charge < -0.3 is 10.0 Å². The molecule has 108 valence electrons. The van der Waals surface area contributed by atoms with E-state index < -0.39 is 11.4 Å². The van der Waals surface area contributed by atoms with E-state index in [1.54, 1.807) is 6.92 Å². The number of carbonyl (C=O) groups is 2. The predicted molar refractivity (Wildman–Crippen MR) is 75.1 cm³/mol. The van der Waals surface area contributed by atoms with Gasteiger partial charge in [-0.05, 0) is 31.9 Å². The van der Waals surface area contributed by atoms with Crippen LogP contribution < -0.4 is 0 Å². The first-order chi connectivity index (χ1) is 9.33. The Bertz CT molecular complexity index is 565. The summed E-state index contributed by atoms with van der Waals surface area (Å²) in [6.07, 6.45) is 1.20. The van der Waals surface area contributed by atoms with Gasteiger partial charge in [0, 0.05) is 13.1 Å². The van der Waals surface area contributed by atoms with Crippen LogP contribution >= 0.6 is 23.2 Å². The quantitative estimate of drug-likeness (QED) is 0.852. The fourth-order valence-electron chi connectivity index (χ4n) is 2.33. The summed E-state index contributed by atoms with van der Waals surface area (Å²) in [6, 6.07) is 2.99. The molecule has 0 aromatic carbocycles. The number of likely N-dealkylation sites (tertiary alicyclic amines) is 1. The number of carboxylic acids is 1. The lowest BCUT2D eigenvalue weighted by atomic mass is 9.82. The molecule has 1 aliphatic rings. The third kappa shape index (κ3) is 2.88. The lowest BCUT2D eigenvalue weighted by molar-refractivity contribution is -0.150. The molecule has 1 fully saturated rings. The highest BCUT2D eigenvalue weighted by Crippen LogP contribution is 2.31. The van der Waals surface area contributed by atoms with Crippen LogP contribution in [-0.4, -0.2) is 40.0 Å². The molecule has 7 heteroatoms. The number of nitrogens with zero attached hydrogens (tertiary/aromatic N) is 2. The Balaban J connectivity index is 2.23. The van der Waals surface area contributed by atoms with Crippen molar-refractivity contribution >= 4 is 35.1 Å². The predicted octanol–water partition coefficient (Wildman–Crippen LogP) is 2.72. The average Bonchev–Trinajstić information content (AvgIpc) is 2.38. The van der Waals surface area contributed by atoms with Crippen LogP contribution in [0.15, 0.2) is 12.1 Å². The largest absolute Gasteiger partial charge is 0.481 e. The third-order valence-electron chi connectivity index (χ3n) is 3.55. The molecule has 1 N–H and O–H groups in total. The highest BCUT2D eigenvalue weighted by molar-refractivity contribution is 6.34. The van der Waals surface area contributed by atoms with Crippen molar-refractivity contribution in [2.45, 2.75) is 19.8 Å². The van der Waals surface area contributed by atoms with Gasteiger partial charge in [0.15, 0.2) is 0 Å². The second-order valence-corrected chi connectivity index (χ2v) is 5.91. The number of amides is 1. The average molecular weight is 317 g/mol. The highest BCUT2D eigenvalue weighted by atomic mass is 35.5. The number of pyridine rings is 1. The van der Waals surface area contributed by atoms with Gasteiger partial charge in [-0.15, -0.1) is 0 Å². The van der Waals surface area contributed by atoms with Gasteiger partial charge in [-0.25, -0.2) is 4.98 Å². The van der Waals surface area contributed by atoms with E-state index >= 15 is 0 Å². The van der Waals surface area contributed by atoms with Crippen LogP contribution in [0.4, 0.5) is 0 Å². The second-order valence-electron chi connectivity index (χ2n) is 5.17. The van der Waals surface area contributed by atoms with Crippen LogP contribution in [0.25, 0.3) is 0 Å². The van der Waals surface area contributed by atoms with E-state index in [0.29, 0.717) is 19.4 Å². The normalized spacial score (nSPS) is 22.6. The molecule has 1 atom stereocenters. The van der Waals surface area contributed by atoms with Crippen LogP contribution in [-0.2, 0) is 4.79 Å². The third-order valence-corrected chi connectivity index (χ3v) is 4.04. The Morgan fingerprint density at radius 2 is 2.10 bits per heavy atom. The summed E-state index contributed by atoms with van der Waals surface area (Å²) in [4.78, 5) is 29.0. The number of hydrogen-bond acceptors (Lipinski definition) is 3. The lowest BCUT2D eigenvalue weighted by Gasteiger charge is -2.37. The van der Waals surface area contributed by atoms with Gasteiger partial charge >= 0.3 is 5.97 Å². The molecule has 1 amide bonds. The molecule has 0 spiro atoms.